The van der Waals surface area contributed by atoms with Gasteiger partial charge in [-0.2, -0.15) is 0 Å². The lowest BCUT2D eigenvalue weighted by atomic mass is 10.1. The molecule has 1 aromatic carbocycles. The molecule has 0 aliphatic carbocycles. The smallest absolute Gasteiger partial charge is 0.319 e. The van der Waals surface area contributed by atoms with Gasteiger partial charge >= 0.3 is 5.97 Å². The van der Waals surface area contributed by atoms with E-state index in [0.29, 0.717) is 18.6 Å². The molecule has 0 bridgehead atoms. The highest BCUT2D eigenvalue weighted by Crippen LogP contribution is 2.24. The van der Waals surface area contributed by atoms with Gasteiger partial charge in [-0.15, -0.1) is 11.8 Å². The van der Waals surface area contributed by atoms with Gasteiger partial charge in [-0.25, -0.2) is 0 Å². The van der Waals surface area contributed by atoms with E-state index in [9.17, 15) is 9.59 Å². The normalized spacial score (nSPS) is 11.9. The molecular weight excluding hydrogens is 260 g/mol. The molecule has 1 rings (SSSR count). The molecule has 3 nitrogen and oxygen atoms in total. The molecule has 0 N–H and O–H groups in total. The number of hydrogen-bond donors (Lipinski definition) is 0. The molecule has 0 aromatic heterocycles. The Kier molecular flexibility index (Phi) is 6.64. The van der Waals surface area contributed by atoms with Crippen molar-refractivity contribution in [1.29, 1.82) is 0 Å². The van der Waals surface area contributed by atoms with Gasteiger partial charge in [-0.1, -0.05) is 26.0 Å². The second-order valence-corrected chi connectivity index (χ2v) is 5.64. The van der Waals surface area contributed by atoms with Crippen LogP contribution in [0.2, 0.25) is 0 Å². The number of carbonyl (C=O) groups excluding carboxylic acids is 2. The van der Waals surface area contributed by atoms with Crippen molar-refractivity contribution >= 4 is 23.5 Å². The van der Waals surface area contributed by atoms with Crippen LogP contribution in [-0.4, -0.2) is 23.6 Å². The minimum Gasteiger partial charge on any atom is -0.465 e. The number of ketones is 1. The van der Waals surface area contributed by atoms with Crippen LogP contribution >= 0.6 is 11.8 Å². The molecule has 104 valence electrons. The molecule has 0 fully saturated rings. The van der Waals surface area contributed by atoms with E-state index < -0.39 is 0 Å². The molecule has 1 atom stereocenters. The van der Waals surface area contributed by atoms with Crippen LogP contribution in [0.15, 0.2) is 29.2 Å². The molecule has 0 aliphatic heterocycles. The highest BCUT2D eigenvalue weighted by atomic mass is 32.2. The van der Waals surface area contributed by atoms with E-state index in [2.05, 4.69) is 0 Å². The summed E-state index contributed by atoms with van der Waals surface area (Å²) >= 11 is 1.44. The fourth-order valence-electron chi connectivity index (χ4n) is 1.50. The quantitative estimate of drug-likeness (QED) is 0.434. The van der Waals surface area contributed by atoms with Crippen molar-refractivity contribution in [2.75, 3.05) is 6.61 Å². The van der Waals surface area contributed by atoms with Gasteiger partial charge in [0.2, 0.25) is 0 Å². The van der Waals surface area contributed by atoms with Gasteiger partial charge in [0.25, 0.3) is 0 Å². The van der Waals surface area contributed by atoms with Gasteiger partial charge in [0.1, 0.15) is 5.25 Å². The lowest BCUT2D eigenvalue weighted by molar-refractivity contribution is -0.142. The van der Waals surface area contributed by atoms with Crippen molar-refractivity contribution in [3.63, 3.8) is 0 Å². The predicted molar refractivity (Wildman–Crippen MR) is 77.6 cm³/mol. The molecule has 0 amide bonds. The second-order valence-electron chi connectivity index (χ2n) is 4.23. The molecule has 0 spiro atoms. The van der Waals surface area contributed by atoms with Crippen LogP contribution in [0.3, 0.4) is 0 Å². The lowest BCUT2D eigenvalue weighted by Gasteiger charge is -2.10. The third kappa shape index (κ3) is 5.07. The van der Waals surface area contributed by atoms with Gasteiger partial charge in [-0.05, 0) is 25.5 Å². The van der Waals surface area contributed by atoms with Crippen LogP contribution < -0.4 is 0 Å². The topological polar surface area (TPSA) is 43.4 Å². The number of ether oxygens (including phenoxy) is 1. The van der Waals surface area contributed by atoms with Crippen LogP contribution in [-0.2, 0) is 9.53 Å². The fraction of sp³-hybridized carbons (Fsp3) is 0.467. The average Bonchev–Trinajstić information content (AvgIpc) is 2.44. The van der Waals surface area contributed by atoms with Gasteiger partial charge in [0.05, 0.1) is 6.61 Å². The number of carbonyl (C=O) groups is 2. The maximum Gasteiger partial charge on any atom is 0.319 e. The average molecular weight is 280 g/mol. The molecule has 1 unspecified atom stereocenters. The van der Waals surface area contributed by atoms with Crippen LogP contribution in [0, 0.1) is 0 Å². The zero-order chi connectivity index (χ0) is 14.3. The van der Waals surface area contributed by atoms with E-state index in [1.54, 1.807) is 12.1 Å². The Labute approximate surface area is 118 Å². The highest BCUT2D eigenvalue weighted by Gasteiger charge is 2.15. The summed E-state index contributed by atoms with van der Waals surface area (Å²) in [6.45, 7) is 6.10. The second kappa shape index (κ2) is 8.00. The third-order valence-corrected chi connectivity index (χ3v) is 3.68. The number of hydrogen-bond acceptors (Lipinski definition) is 4. The summed E-state index contributed by atoms with van der Waals surface area (Å²) in [6, 6.07) is 7.35. The highest BCUT2D eigenvalue weighted by molar-refractivity contribution is 8.00. The molecule has 0 heterocycles. The molecule has 0 radical (unpaired) electrons. The Morgan fingerprint density at radius 3 is 2.37 bits per heavy atom. The third-order valence-electron chi connectivity index (χ3n) is 2.59. The summed E-state index contributed by atoms with van der Waals surface area (Å²) in [4.78, 5) is 24.1. The number of benzene rings is 1. The molecular formula is C15H20O3S. The maximum atomic E-state index is 11.6. The van der Waals surface area contributed by atoms with Crippen LogP contribution in [0.5, 0.6) is 0 Å². The fourth-order valence-corrected chi connectivity index (χ4v) is 2.36. The lowest BCUT2D eigenvalue weighted by Crippen LogP contribution is -2.17. The van der Waals surface area contributed by atoms with Crippen LogP contribution in [0.1, 0.15) is 44.0 Å². The summed E-state index contributed by atoms with van der Waals surface area (Å²) < 4.78 is 5.09. The van der Waals surface area contributed by atoms with E-state index >= 15 is 0 Å². The zero-order valence-corrected chi connectivity index (χ0v) is 12.5. The monoisotopic (exact) mass is 280 g/mol. The minimum atomic E-state index is -0.237. The van der Waals surface area contributed by atoms with Crippen molar-refractivity contribution in [3.8, 4) is 0 Å². The summed E-state index contributed by atoms with van der Waals surface area (Å²) in [5.41, 5.74) is 0.716. The summed E-state index contributed by atoms with van der Waals surface area (Å²) in [5.74, 6) is -0.0625. The van der Waals surface area contributed by atoms with Gasteiger partial charge in [0, 0.05) is 16.9 Å². The van der Waals surface area contributed by atoms with E-state index in [0.717, 1.165) is 11.3 Å². The SMILES string of the molecule is CCCOC(=O)C(C)Sc1ccc(C(=O)CC)cc1. The molecule has 1 aromatic rings. The van der Waals surface area contributed by atoms with E-state index in [1.807, 2.05) is 32.9 Å². The predicted octanol–water partition coefficient (Wildman–Crippen LogP) is 3.71. The van der Waals surface area contributed by atoms with E-state index in [1.165, 1.54) is 11.8 Å². The number of rotatable bonds is 7. The summed E-state index contributed by atoms with van der Waals surface area (Å²) in [7, 11) is 0. The van der Waals surface area contributed by atoms with Crippen molar-refractivity contribution in [3.05, 3.63) is 29.8 Å². The molecule has 19 heavy (non-hydrogen) atoms. The van der Waals surface area contributed by atoms with Crippen LogP contribution in [0.4, 0.5) is 0 Å². The van der Waals surface area contributed by atoms with Crippen molar-refractivity contribution in [2.45, 2.75) is 43.8 Å². The van der Waals surface area contributed by atoms with Crippen molar-refractivity contribution < 1.29 is 14.3 Å². The Bertz CT molecular complexity index is 426. The molecule has 4 heteroatoms. The van der Waals surface area contributed by atoms with Crippen molar-refractivity contribution in [2.24, 2.45) is 0 Å². The van der Waals surface area contributed by atoms with Crippen LogP contribution in [0.25, 0.3) is 0 Å². The largest absolute Gasteiger partial charge is 0.465 e. The van der Waals surface area contributed by atoms with Gasteiger partial charge < -0.3 is 4.74 Å². The van der Waals surface area contributed by atoms with Crippen molar-refractivity contribution in [1.82, 2.24) is 0 Å². The van der Waals surface area contributed by atoms with E-state index in [4.69, 9.17) is 4.74 Å². The first kappa shape index (κ1) is 15.8. The Hall–Kier alpha value is -1.29. The standard InChI is InChI=1S/C15H20O3S/c1-4-10-18-15(17)11(3)19-13-8-6-12(7-9-13)14(16)5-2/h6-9,11H,4-5,10H2,1-3H3. The zero-order valence-electron chi connectivity index (χ0n) is 11.6. The first-order valence-electron chi connectivity index (χ1n) is 6.55. The molecule has 0 aliphatic rings. The Morgan fingerprint density at radius 1 is 1.21 bits per heavy atom. The number of esters is 1. The number of Topliss-reactive ketones (excluding diaryl/α,β-unsaturated/α-hetero) is 1. The first-order valence-corrected chi connectivity index (χ1v) is 7.43. The number of thioether (sulfide) groups is 1. The Balaban J connectivity index is 2.57. The Morgan fingerprint density at radius 2 is 1.84 bits per heavy atom. The first-order chi connectivity index (χ1) is 9.08. The van der Waals surface area contributed by atoms with Gasteiger partial charge in [0.15, 0.2) is 5.78 Å². The summed E-state index contributed by atoms with van der Waals surface area (Å²) in [6.07, 6.45) is 1.34. The van der Waals surface area contributed by atoms with Gasteiger partial charge in [-0.3, -0.25) is 9.59 Å². The molecule has 0 saturated carbocycles. The maximum absolute atomic E-state index is 11.6. The van der Waals surface area contributed by atoms with E-state index in [-0.39, 0.29) is 17.0 Å². The molecule has 0 saturated heterocycles. The minimum absolute atomic E-state index is 0.131. The summed E-state index contributed by atoms with van der Waals surface area (Å²) in [5, 5.41) is -0.237.